The number of hydrogen-bond acceptors (Lipinski definition) is 5. The first-order valence-corrected chi connectivity index (χ1v) is 18.0. The van der Waals surface area contributed by atoms with Crippen molar-refractivity contribution in [3.63, 3.8) is 0 Å². The van der Waals surface area contributed by atoms with Crippen LogP contribution in [0.4, 0.5) is 0 Å². The van der Waals surface area contributed by atoms with Crippen LogP contribution in [0, 0.1) is 0 Å². The number of aliphatic hydroxyl groups excluding tert-OH is 1. The molecule has 0 aromatic carbocycles. The molecule has 0 heterocycles. The number of rotatable bonds is 32. The van der Waals surface area contributed by atoms with Crippen LogP contribution in [0.3, 0.4) is 0 Å². The van der Waals surface area contributed by atoms with Crippen LogP contribution in [-0.4, -0.2) is 36.4 Å². The van der Waals surface area contributed by atoms with E-state index in [2.05, 4.69) is 50.3 Å². The van der Waals surface area contributed by atoms with Crippen molar-refractivity contribution in [2.24, 2.45) is 0 Å². The molecule has 1 N–H and O–H groups in total. The molecule has 0 bridgehead atoms. The van der Waals surface area contributed by atoms with Gasteiger partial charge in [-0.15, -0.1) is 0 Å². The highest BCUT2D eigenvalue weighted by Crippen LogP contribution is 2.12. The van der Waals surface area contributed by atoms with E-state index < -0.39 is 6.10 Å². The zero-order valence-electron chi connectivity index (χ0n) is 28.2. The lowest BCUT2D eigenvalue weighted by molar-refractivity contribution is -0.161. The minimum Gasteiger partial charge on any atom is -0.462 e. The molecular formula is C38H68O5. The molecule has 0 saturated heterocycles. The van der Waals surface area contributed by atoms with Crippen LogP contribution in [-0.2, 0) is 19.1 Å². The maximum absolute atomic E-state index is 12.1. The summed E-state index contributed by atoms with van der Waals surface area (Å²) in [4.78, 5) is 24.2. The number of carbonyl (C=O) groups is 2. The highest BCUT2D eigenvalue weighted by Gasteiger charge is 2.16. The van der Waals surface area contributed by atoms with E-state index in [9.17, 15) is 14.7 Å². The quantitative estimate of drug-likeness (QED) is 0.0470. The van der Waals surface area contributed by atoms with Gasteiger partial charge in [-0.3, -0.25) is 9.59 Å². The Balaban J connectivity index is 3.62. The van der Waals surface area contributed by atoms with Gasteiger partial charge in [-0.2, -0.15) is 0 Å². The van der Waals surface area contributed by atoms with Crippen LogP contribution in [0.25, 0.3) is 0 Å². The van der Waals surface area contributed by atoms with E-state index >= 15 is 0 Å². The summed E-state index contributed by atoms with van der Waals surface area (Å²) in [5.41, 5.74) is 0. The standard InChI is InChI=1S/C38H68O5/c1-3-5-7-9-11-13-15-17-19-21-23-25-27-29-31-33-38(41)43-36(34-39)35-42-37(40)32-30-28-26-24-22-20-18-16-14-12-10-8-6-4-2/h11,13,16-19,36,39H,3-10,12,14-15,20-35H2,1-2H3/b13-11-,18-16-,19-17-/t36-/m0/s1. The van der Waals surface area contributed by atoms with Gasteiger partial charge in [0.25, 0.3) is 0 Å². The van der Waals surface area contributed by atoms with Crippen LogP contribution >= 0.6 is 0 Å². The Morgan fingerprint density at radius 1 is 0.535 bits per heavy atom. The summed E-state index contributed by atoms with van der Waals surface area (Å²) in [5.74, 6) is -0.618. The van der Waals surface area contributed by atoms with Crippen molar-refractivity contribution in [3.8, 4) is 0 Å². The van der Waals surface area contributed by atoms with Crippen LogP contribution in [0.5, 0.6) is 0 Å². The Labute approximate surface area is 266 Å². The van der Waals surface area contributed by atoms with Gasteiger partial charge in [0.1, 0.15) is 6.61 Å². The molecule has 5 heteroatoms. The van der Waals surface area contributed by atoms with Crippen molar-refractivity contribution >= 4 is 11.9 Å². The second kappa shape index (κ2) is 34.6. The highest BCUT2D eigenvalue weighted by atomic mass is 16.6. The van der Waals surface area contributed by atoms with Crippen molar-refractivity contribution in [3.05, 3.63) is 36.5 Å². The third kappa shape index (κ3) is 32.9. The van der Waals surface area contributed by atoms with Gasteiger partial charge in [0.05, 0.1) is 6.61 Å². The third-order valence-electron chi connectivity index (χ3n) is 7.66. The van der Waals surface area contributed by atoms with Gasteiger partial charge in [0, 0.05) is 12.8 Å². The number of esters is 2. The van der Waals surface area contributed by atoms with Crippen LogP contribution in [0.1, 0.15) is 174 Å². The SMILES string of the molecule is CCCCC/C=C\C/C=C\CCCCCCCC(=O)O[C@@H](CO)COC(=O)CCCCCCC/C=C\CCCCCCC. The zero-order chi connectivity index (χ0) is 31.5. The molecule has 0 rings (SSSR count). The molecule has 43 heavy (non-hydrogen) atoms. The molecule has 0 aromatic heterocycles. The molecule has 0 fully saturated rings. The molecule has 0 unspecified atom stereocenters. The number of unbranched alkanes of at least 4 members (excludes halogenated alkanes) is 18. The number of aliphatic hydroxyl groups is 1. The van der Waals surface area contributed by atoms with Gasteiger partial charge in [0.15, 0.2) is 6.10 Å². The number of allylic oxidation sites excluding steroid dienone is 6. The Hall–Kier alpha value is -1.88. The first-order valence-electron chi connectivity index (χ1n) is 18.0. The summed E-state index contributed by atoms with van der Waals surface area (Å²) in [6.45, 7) is 4.07. The first-order chi connectivity index (χ1) is 21.1. The number of hydrogen-bond donors (Lipinski definition) is 1. The summed E-state index contributed by atoms with van der Waals surface area (Å²) in [6, 6.07) is 0. The van der Waals surface area contributed by atoms with Crippen molar-refractivity contribution in [1.29, 1.82) is 0 Å². The summed E-state index contributed by atoms with van der Waals surface area (Å²) >= 11 is 0. The van der Waals surface area contributed by atoms with Crippen LogP contribution in [0.2, 0.25) is 0 Å². The van der Waals surface area contributed by atoms with Gasteiger partial charge in [-0.1, -0.05) is 127 Å². The summed E-state index contributed by atoms with van der Waals surface area (Å²) < 4.78 is 10.6. The molecule has 5 nitrogen and oxygen atoms in total. The molecule has 0 aliphatic carbocycles. The molecule has 0 saturated carbocycles. The van der Waals surface area contributed by atoms with Crippen molar-refractivity contribution in [2.45, 2.75) is 180 Å². The van der Waals surface area contributed by atoms with Crippen LogP contribution < -0.4 is 0 Å². The van der Waals surface area contributed by atoms with E-state index in [1.54, 1.807) is 0 Å². The van der Waals surface area contributed by atoms with Gasteiger partial charge in [0.2, 0.25) is 0 Å². The summed E-state index contributed by atoms with van der Waals surface area (Å²) in [6.07, 6.45) is 40.5. The second-order valence-corrected chi connectivity index (χ2v) is 11.9. The fraction of sp³-hybridized carbons (Fsp3) is 0.789. The van der Waals surface area contributed by atoms with Gasteiger partial charge in [-0.05, 0) is 70.6 Å². The topological polar surface area (TPSA) is 72.8 Å². The lowest BCUT2D eigenvalue weighted by Crippen LogP contribution is -2.28. The first kappa shape index (κ1) is 41.1. The van der Waals surface area contributed by atoms with Gasteiger partial charge < -0.3 is 14.6 Å². The predicted molar refractivity (Wildman–Crippen MR) is 182 cm³/mol. The predicted octanol–water partition coefficient (Wildman–Crippen LogP) is 10.9. The van der Waals surface area contributed by atoms with Gasteiger partial charge in [-0.25, -0.2) is 0 Å². The molecule has 250 valence electrons. The van der Waals surface area contributed by atoms with E-state index in [4.69, 9.17) is 9.47 Å². The van der Waals surface area contributed by atoms with E-state index in [1.165, 1.54) is 83.5 Å². The molecule has 0 radical (unpaired) electrons. The molecule has 0 aromatic rings. The van der Waals surface area contributed by atoms with Crippen molar-refractivity contribution in [2.75, 3.05) is 13.2 Å². The maximum atomic E-state index is 12.1. The monoisotopic (exact) mass is 605 g/mol. The molecule has 0 aliphatic rings. The molecule has 0 spiro atoms. The Morgan fingerprint density at radius 2 is 0.930 bits per heavy atom. The summed E-state index contributed by atoms with van der Waals surface area (Å²) in [7, 11) is 0. The van der Waals surface area contributed by atoms with Crippen molar-refractivity contribution < 1.29 is 24.2 Å². The number of carbonyl (C=O) groups excluding carboxylic acids is 2. The summed E-state index contributed by atoms with van der Waals surface area (Å²) in [5, 5.41) is 9.52. The average Bonchev–Trinajstić information content (AvgIpc) is 3.01. The Kier molecular flexibility index (Phi) is 33.1. The molecular weight excluding hydrogens is 536 g/mol. The lowest BCUT2D eigenvalue weighted by atomic mass is 10.1. The molecule has 0 amide bonds. The van der Waals surface area contributed by atoms with Gasteiger partial charge >= 0.3 is 11.9 Å². The highest BCUT2D eigenvalue weighted by molar-refractivity contribution is 5.70. The minimum absolute atomic E-state index is 0.0752. The zero-order valence-corrected chi connectivity index (χ0v) is 28.2. The number of ether oxygens (including phenoxy) is 2. The minimum atomic E-state index is -0.779. The Morgan fingerprint density at radius 3 is 1.44 bits per heavy atom. The second-order valence-electron chi connectivity index (χ2n) is 11.9. The smallest absolute Gasteiger partial charge is 0.306 e. The lowest BCUT2D eigenvalue weighted by Gasteiger charge is -2.15. The normalized spacial score (nSPS) is 12.5. The fourth-order valence-electron chi connectivity index (χ4n) is 4.87. The van der Waals surface area contributed by atoms with Crippen molar-refractivity contribution in [1.82, 2.24) is 0 Å². The van der Waals surface area contributed by atoms with E-state index in [1.807, 2.05) is 0 Å². The largest absolute Gasteiger partial charge is 0.462 e. The average molecular weight is 605 g/mol. The molecule has 0 aliphatic heterocycles. The maximum Gasteiger partial charge on any atom is 0.306 e. The molecule has 1 atom stereocenters. The Bertz CT molecular complexity index is 696. The van der Waals surface area contributed by atoms with Crippen LogP contribution in [0.15, 0.2) is 36.5 Å². The third-order valence-corrected chi connectivity index (χ3v) is 7.66. The van der Waals surface area contributed by atoms with E-state index in [-0.39, 0.29) is 25.2 Å². The van der Waals surface area contributed by atoms with E-state index in [0.29, 0.717) is 12.8 Å². The fourth-order valence-corrected chi connectivity index (χ4v) is 4.87. The van der Waals surface area contributed by atoms with E-state index in [0.717, 1.165) is 64.2 Å².